The zero-order valence-electron chi connectivity index (χ0n) is 15.0. The van der Waals surface area contributed by atoms with Crippen molar-refractivity contribution in [1.29, 1.82) is 0 Å². The molecule has 0 aliphatic heterocycles. The number of nitrogens with one attached hydrogen (secondary N) is 2. The first-order chi connectivity index (χ1) is 12.6. The number of H-pyrrole nitrogens is 1. The molecule has 0 saturated heterocycles. The van der Waals surface area contributed by atoms with Crippen molar-refractivity contribution in [2.24, 2.45) is 0 Å². The molecule has 0 spiro atoms. The fraction of sp³-hybridized carbons (Fsp3) is 0.263. The second-order valence-corrected chi connectivity index (χ2v) is 6.08. The van der Waals surface area contributed by atoms with E-state index in [1.807, 2.05) is 56.3 Å². The van der Waals surface area contributed by atoms with Gasteiger partial charge in [-0.1, -0.05) is 35.5 Å². The SMILES string of the molecule is COc1ccccc1C[C@@H](C(=O)Nc1cccc(C)c1C)c1nn[nH]n1. The van der Waals surface area contributed by atoms with E-state index in [1.54, 1.807) is 7.11 Å². The molecule has 26 heavy (non-hydrogen) atoms. The summed E-state index contributed by atoms with van der Waals surface area (Å²) in [5.41, 5.74) is 3.83. The zero-order valence-corrected chi connectivity index (χ0v) is 15.0. The standard InChI is InChI=1S/C19H21N5O2/c1-12-7-6-9-16(13(12)2)20-19(25)15(18-21-23-24-22-18)11-14-8-4-5-10-17(14)26-3/h4-10,15H,11H2,1-3H3,(H,20,25)(H,21,22,23,24)/t15-/m1/s1. The average molecular weight is 351 g/mol. The number of aromatic amines is 1. The number of aromatic nitrogens is 4. The molecule has 0 aliphatic rings. The lowest BCUT2D eigenvalue weighted by molar-refractivity contribution is -0.117. The Labute approximate surface area is 151 Å². The van der Waals surface area contributed by atoms with Crippen molar-refractivity contribution in [3.8, 4) is 5.75 Å². The summed E-state index contributed by atoms with van der Waals surface area (Å²) >= 11 is 0. The molecule has 0 radical (unpaired) electrons. The molecule has 0 saturated carbocycles. The molecule has 0 bridgehead atoms. The van der Waals surface area contributed by atoms with Crippen molar-refractivity contribution in [1.82, 2.24) is 20.6 Å². The van der Waals surface area contributed by atoms with E-state index in [0.29, 0.717) is 12.2 Å². The first-order valence-corrected chi connectivity index (χ1v) is 8.32. The molecule has 0 unspecified atom stereocenters. The predicted octanol–water partition coefficient (Wildman–Crippen LogP) is 2.79. The van der Waals surface area contributed by atoms with Gasteiger partial charge in [-0.3, -0.25) is 4.79 Å². The maximum Gasteiger partial charge on any atom is 0.235 e. The molecule has 3 aromatic rings. The number of nitrogens with zero attached hydrogens (tertiary/aromatic N) is 3. The molecule has 134 valence electrons. The van der Waals surface area contributed by atoms with Crippen LogP contribution in [0.4, 0.5) is 5.69 Å². The third-order valence-electron chi connectivity index (χ3n) is 4.47. The molecular formula is C19H21N5O2. The number of carbonyl (C=O) groups excluding carboxylic acids is 1. The normalized spacial score (nSPS) is 11.8. The fourth-order valence-corrected chi connectivity index (χ4v) is 2.82. The Bertz CT molecular complexity index is 893. The van der Waals surface area contributed by atoms with E-state index < -0.39 is 5.92 Å². The topological polar surface area (TPSA) is 92.8 Å². The number of aryl methyl sites for hydroxylation is 1. The summed E-state index contributed by atoms with van der Waals surface area (Å²) in [6, 6.07) is 13.4. The maximum absolute atomic E-state index is 13.0. The van der Waals surface area contributed by atoms with Crippen LogP contribution in [0, 0.1) is 13.8 Å². The number of hydrogen-bond acceptors (Lipinski definition) is 5. The molecule has 1 heterocycles. The van der Waals surface area contributed by atoms with E-state index in [2.05, 4.69) is 25.9 Å². The smallest absolute Gasteiger partial charge is 0.235 e. The van der Waals surface area contributed by atoms with Gasteiger partial charge in [-0.05, 0) is 49.1 Å². The van der Waals surface area contributed by atoms with Gasteiger partial charge in [0.25, 0.3) is 0 Å². The highest BCUT2D eigenvalue weighted by atomic mass is 16.5. The molecule has 7 nitrogen and oxygen atoms in total. The Morgan fingerprint density at radius 1 is 1.19 bits per heavy atom. The van der Waals surface area contributed by atoms with Gasteiger partial charge in [-0.2, -0.15) is 5.21 Å². The largest absolute Gasteiger partial charge is 0.496 e. The number of hydrogen-bond donors (Lipinski definition) is 2. The molecule has 0 aliphatic carbocycles. The number of methoxy groups -OCH3 is 1. The second kappa shape index (κ2) is 7.77. The van der Waals surface area contributed by atoms with Crippen LogP contribution in [0.25, 0.3) is 0 Å². The quantitative estimate of drug-likeness (QED) is 0.712. The number of para-hydroxylation sites is 1. The van der Waals surface area contributed by atoms with E-state index in [0.717, 1.165) is 28.1 Å². The molecule has 1 amide bonds. The lowest BCUT2D eigenvalue weighted by Crippen LogP contribution is -2.24. The number of tetrazole rings is 1. The van der Waals surface area contributed by atoms with Gasteiger partial charge in [-0.25, -0.2) is 0 Å². The maximum atomic E-state index is 13.0. The van der Waals surface area contributed by atoms with Gasteiger partial charge in [0.15, 0.2) is 5.82 Å². The summed E-state index contributed by atoms with van der Waals surface area (Å²) in [4.78, 5) is 13.0. The summed E-state index contributed by atoms with van der Waals surface area (Å²) in [5, 5.41) is 17.1. The minimum atomic E-state index is -0.593. The first kappa shape index (κ1) is 17.6. The molecule has 1 aromatic heterocycles. The van der Waals surface area contributed by atoms with Crippen molar-refractivity contribution in [3.63, 3.8) is 0 Å². The number of amides is 1. The van der Waals surface area contributed by atoms with Crippen LogP contribution in [0.15, 0.2) is 42.5 Å². The Balaban J connectivity index is 1.89. The minimum Gasteiger partial charge on any atom is -0.496 e. The second-order valence-electron chi connectivity index (χ2n) is 6.08. The number of anilines is 1. The van der Waals surface area contributed by atoms with Crippen LogP contribution in [0.5, 0.6) is 5.75 Å². The molecule has 3 rings (SSSR count). The van der Waals surface area contributed by atoms with Gasteiger partial charge in [-0.15, -0.1) is 10.2 Å². The number of ether oxygens (including phenoxy) is 1. The number of benzene rings is 2. The first-order valence-electron chi connectivity index (χ1n) is 8.32. The van der Waals surface area contributed by atoms with Crippen LogP contribution in [0.1, 0.15) is 28.4 Å². The third-order valence-corrected chi connectivity index (χ3v) is 4.47. The van der Waals surface area contributed by atoms with E-state index in [4.69, 9.17) is 4.74 Å². The summed E-state index contributed by atoms with van der Waals surface area (Å²) in [6.45, 7) is 3.99. The molecule has 7 heteroatoms. The van der Waals surface area contributed by atoms with Gasteiger partial charge in [0.1, 0.15) is 11.7 Å². The molecular weight excluding hydrogens is 330 g/mol. The Morgan fingerprint density at radius 3 is 2.73 bits per heavy atom. The zero-order chi connectivity index (χ0) is 18.5. The number of rotatable bonds is 6. The van der Waals surface area contributed by atoms with Crippen LogP contribution in [-0.2, 0) is 11.2 Å². The van der Waals surface area contributed by atoms with Crippen LogP contribution in [0.3, 0.4) is 0 Å². The van der Waals surface area contributed by atoms with Crippen molar-refractivity contribution in [2.45, 2.75) is 26.2 Å². The Kier molecular flexibility index (Phi) is 5.26. The van der Waals surface area contributed by atoms with Crippen LogP contribution < -0.4 is 10.1 Å². The third kappa shape index (κ3) is 3.72. The van der Waals surface area contributed by atoms with Gasteiger partial charge >= 0.3 is 0 Å². The van der Waals surface area contributed by atoms with Crippen LogP contribution in [0.2, 0.25) is 0 Å². The van der Waals surface area contributed by atoms with Gasteiger partial charge in [0.05, 0.1) is 7.11 Å². The average Bonchev–Trinajstić information content (AvgIpc) is 3.18. The van der Waals surface area contributed by atoms with Gasteiger partial charge < -0.3 is 10.1 Å². The summed E-state index contributed by atoms with van der Waals surface area (Å²) < 4.78 is 5.40. The highest BCUT2D eigenvalue weighted by molar-refractivity contribution is 5.96. The van der Waals surface area contributed by atoms with Crippen LogP contribution in [-0.4, -0.2) is 33.6 Å². The van der Waals surface area contributed by atoms with Crippen molar-refractivity contribution in [2.75, 3.05) is 12.4 Å². The fourth-order valence-electron chi connectivity index (χ4n) is 2.82. The van der Waals surface area contributed by atoms with Crippen molar-refractivity contribution in [3.05, 3.63) is 65.0 Å². The summed E-state index contributed by atoms with van der Waals surface area (Å²) in [7, 11) is 1.61. The van der Waals surface area contributed by atoms with Crippen LogP contribution >= 0.6 is 0 Å². The minimum absolute atomic E-state index is 0.189. The monoisotopic (exact) mass is 351 g/mol. The van der Waals surface area contributed by atoms with E-state index in [9.17, 15) is 4.79 Å². The predicted molar refractivity (Wildman–Crippen MR) is 98.2 cm³/mol. The summed E-state index contributed by atoms with van der Waals surface area (Å²) in [5.74, 6) is 0.287. The van der Waals surface area contributed by atoms with Gasteiger partial charge in [0.2, 0.25) is 5.91 Å². The summed E-state index contributed by atoms with van der Waals surface area (Å²) in [6.07, 6.45) is 0.403. The molecule has 0 fully saturated rings. The van der Waals surface area contributed by atoms with Gasteiger partial charge in [0, 0.05) is 5.69 Å². The number of carbonyl (C=O) groups is 1. The van der Waals surface area contributed by atoms with E-state index in [-0.39, 0.29) is 5.91 Å². The molecule has 1 atom stereocenters. The molecule has 2 aromatic carbocycles. The Morgan fingerprint density at radius 2 is 2.00 bits per heavy atom. The van der Waals surface area contributed by atoms with E-state index in [1.165, 1.54) is 0 Å². The highest BCUT2D eigenvalue weighted by Crippen LogP contribution is 2.27. The Hall–Kier alpha value is -3.22. The molecule has 2 N–H and O–H groups in total. The van der Waals surface area contributed by atoms with Crippen molar-refractivity contribution >= 4 is 11.6 Å². The van der Waals surface area contributed by atoms with E-state index >= 15 is 0 Å². The lowest BCUT2D eigenvalue weighted by atomic mass is 9.96. The highest BCUT2D eigenvalue weighted by Gasteiger charge is 2.27. The lowest BCUT2D eigenvalue weighted by Gasteiger charge is -2.17. The van der Waals surface area contributed by atoms with Crippen molar-refractivity contribution < 1.29 is 9.53 Å².